The zero-order valence-electron chi connectivity index (χ0n) is 14.8. The van der Waals surface area contributed by atoms with Crippen molar-refractivity contribution in [3.05, 3.63) is 17.5 Å². The van der Waals surface area contributed by atoms with E-state index in [0.717, 1.165) is 4.68 Å². The van der Waals surface area contributed by atoms with Crippen LogP contribution in [-0.4, -0.2) is 90.0 Å². The number of hydrogen-bond donors (Lipinski definition) is 3. The van der Waals surface area contributed by atoms with E-state index in [4.69, 9.17) is 10.3 Å². The minimum atomic E-state index is -4.90. The Bertz CT molecular complexity index is 853. The molecule has 0 aromatic carbocycles. The average Bonchev–Trinajstić information content (AvgIpc) is 3.11. The average molecular weight is 403 g/mol. The van der Waals surface area contributed by atoms with Gasteiger partial charge in [-0.2, -0.15) is 23.3 Å². The van der Waals surface area contributed by atoms with Crippen LogP contribution >= 0.6 is 0 Å². The van der Waals surface area contributed by atoms with Gasteiger partial charge in [0.15, 0.2) is 0 Å². The summed E-state index contributed by atoms with van der Waals surface area (Å²) in [6.45, 7) is 1.16. The summed E-state index contributed by atoms with van der Waals surface area (Å²) in [6, 6.07) is -2.72. The lowest BCUT2D eigenvalue weighted by Crippen LogP contribution is -2.39. The lowest BCUT2D eigenvalue weighted by atomic mass is 9.98. The molecule has 1 aromatic rings. The van der Waals surface area contributed by atoms with Gasteiger partial charge in [-0.25, -0.2) is 9.59 Å². The van der Waals surface area contributed by atoms with E-state index >= 15 is 0 Å². The Morgan fingerprint density at radius 1 is 1.52 bits per heavy atom. The number of nitrogens with two attached hydrogens (primary N) is 1. The summed E-state index contributed by atoms with van der Waals surface area (Å²) < 4.78 is 36.6. The summed E-state index contributed by atoms with van der Waals surface area (Å²) >= 11 is 0. The van der Waals surface area contributed by atoms with Crippen LogP contribution in [0.4, 0.5) is 9.59 Å². The maximum atomic E-state index is 12.4. The van der Waals surface area contributed by atoms with Crippen molar-refractivity contribution in [1.82, 2.24) is 30.0 Å². The first-order chi connectivity index (χ1) is 12.6. The van der Waals surface area contributed by atoms with Gasteiger partial charge in [0.05, 0.1) is 18.3 Å². The molecule has 27 heavy (non-hydrogen) atoms. The Hall–Kier alpha value is -2.26. The quantitative estimate of drug-likeness (QED) is 0.481. The molecular weight excluding hydrogens is 382 g/mol. The highest BCUT2D eigenvalue weighted by Gasteiger charge is 2.51. The molecule has 1 fully saturated rings. The lowest BCUT2D eigenvalue weighted by Gasteiger charge is -2.28. The highest BCUT2D eigenvalue weighted by molar-refractivity contribution is 7.80. The van der Waals surface area contributed by atoms with Crippen molar-refractivity contribution in [2.45, 2.75) is 12.1 Å². The summed E-state index contributed by atoms with van der Waals surface area (Å²) in [5, 5.41) is 7.49. The van der Waals surface area contributed by atoms with Gasteiger partial charge in [0.25, 0.3) is 0 Å². The Morgan fingerprint density at radius 3 is 2.81 bits per heavy atom. The molecule has 3 rings (SSSR count). The maximum absolute atomic E-state index is 12.4. The van der Waals surface area contributed by atoms with Crippen molar-refractivity contribution in [2.24, 2.45) is 5.73 Å². The fourth-order valence-corrected chi connectivity index (χ4v) is 3.51. The number of fused-ring (bicyclic) bond motifs is 4. The van der Waals surface area contributed by atoms with E-state index in [9.17, 15) is 18.0 Å². The second kappa shape index (κ2) is 7.05. The molecule has 1 aromatic heterocycles. The second-order valence-corrected chi connectivity index (χ2v) is 7.48. The number of rotatable bonds is 6. The predicted octanol–water partition coefficient (Wildman–Crippen LogP) is -1.47. The van der Waals surface area contributed by atoms with Gasteiger partial charge < -0.3 is 20.9 Å². The van der Waals surface area contributed by atoms with Crippen LogP contribution in [0.5, 0.6) is 0 Å². The van der Waals surface area contributed by atoms with Gasteiger partial charge in [-0.05, 0) is 14.1 Å². The molecule has 3 heterocycles. The molecule has 2 bridgehead atoms. The number of hydroxylamine groups is 2. The highest BCUT2D eigenvalue weighted by atomic mass is 32.3. The lowest BCUT2D eigenvalue weighted by molar-refractivity contribution is -0.0317. The van der Waals surface area contributed by atoms with E-state index in [0.29, 0.717) is 29.4 Å². The number of aromatic nitrogens is 2. The molecule has 4 N–H and O–H groups in total. The highest BCUT2D eigenvalue weighted by Crippen LogP contribution is 2.43. The zero-order valence-corrected chi connectivity index (χ0v) is 15.6. The predicted molar refractivity (Wildman–Crippen MR) is 90.7 cm³/mol. The topological polar surface area (TPSA) is 163 Å². The molecular formula is C13H21N7O6S. The third-order valence-corrected chi connectivity index (χ3v) is 4.70. The van der Waals surface area contributed by atoms with E-state index in [1.165, 1.54) is 11.1 Å². The van der Waals surface area contributed by atoms with Gasteiger partial charge in [0.1, 0.15) is 6.04 Å². The molecule has 3 amide bonds. The first-order valence-electron chi connectivity index (χ1n) is 8.11. The number of hydrogen-bond acceptors (Lipinski definition) is 8. The van der Waals surface area contributed by atoms with Crippen LogP contribution in [0.25, 0.3) is 0 Å². The summed E-state index contributed by atoms with van der Waals surface area (Å²) in [7, 11) is -1.16. The van der Waals surface area contributed by atoms with Crippen LogP contribution in [-0.2, 0) is 14.7 Å². The second-order valence-electron chi connectivity index (χ2n) is 6.48. The van der Waals surface area contributed by atoms with Gasteiger partial charge in [0.2, 0.25) is 0 Å². The van der Waals surface area contributed by atoms with Crippen LogP contribution in [0, 0.1) is 0 Å². The van der Waals surface area contributed by atoms with Crippen molar-refractivity contribution in [3.8, 4) is 0 Å². The van der Waals surface area contributed by atoms with Crippen LogP contribution in [0.1, 0.15) is 23.3 Å². The van der Waals surface area contributed by atoms with E-state index in [1.54, 1.807) is 0 Å². The summed E-state index contributed by atoms with van der Waals surface area (Å²) in [5.41, 5.74) is 6.57. The Morgan fingerprint density at radius 2 is 2.22 bits per heavy atom. The van der Waals surface area contributed by atoms with E-state index in [2.05, 4.69) is 14.7 Å². The van der Waals surface area contributed by atoms with Crippen LogP contribution in [0.15, 0.2) is 6.20 Å². The molecule has 2 aliphatic heterocycles. The number of nitrogens with zero attached hydrogens (tertiary/aromatic N) is 5. The smallest absolute Gasteiger partial charge is 0.335 e. The molecule has 0 spiro atoms. The van der Waals surface area contributed by atoms with Crippen LogP contribution < -0.4 is 11.1 Å². The zero-order chi connectivity index (χ0) is 19.9. The van der Waals surface area contributed by atoms with E-state index in [-0.39, 0.29) is 13.1 Å². The molecule has 0 radical (unpaired) electrons. The van der Waals surface area contributed by atoms with Crippen molar-refractivity contribution in [3.63, 3.8) is 0 Å². The molecule has 2 aliphatic rings. The molecule has 14 heteroatoms. The van der Waals surface area contributed by atoms with Gasteiger partial charge in [0, 0.05) is 31.4 Å². The molecule has 13 nitrogen and oxygen atoms in total. The van der Waals surface area contributed by atoms with Crippen LogP contribution in [0.3, 0.4) is 0 Å². The molecule has 150 valence electrons. The minimum Gasteiger partial charge on any atom is -0.335 e. The molecule has 0 aliphatic carbocycles. The number of amides is 3. The number of likely N-dealkylation sites (N-methyl/N-ethyl adjacent to an activating group) is 1. The van der Waals surface area contributed by atoms with Crippen molar-refractivity contribution in [1.29, 1.82) is 0 Å². The largest absolute Gasteiger partial charge is 0.418 e. The minimum absolute atomic E-state index is 0.0183. The van der Waals surface area contributed by atoms with Gasteiger partial charge in [-0.1, -0.05) is 0 Å². The molecule has 2 unspecified atom stereocenters. The fourth-order valence-electron chi connectivity index (χ4n) is 3.14. The maximum Gasteiger partial charge on any atom is 0.418 e. The van der Waals surface area contributed by atoms with Gasteiger partial charge in [-0.3, -0.25) is 4.55 Å². The van der Waals surface area contributed by atoms with Crippen molar-refractivity contribution < 1.29 is 26.8 Å². The number of carbonyl (C=O) groups excluding carboxylic acids is 2. The third kappa shape index (κ3) is 3.74. The Labute approximate surface area is 155 Å². The Kier molecular flexibility index (Phi) is 5.09. The number of carbonyl (C=O) groups is 2. The van der Waals surface area contributed by atoms with Crippen molar-refractivity contribution >= 4 is 22.5 Å². The van der Waals surface area contributed by atoms with E-state index < -0.39 is 34.5 Å². The monoisotopic (exact) mass is 403 g/mol. The van der Waals surface area contributed by atoms with Gasteiger partial charge in [-0.15, -0.1) is 4.28 Å². The molecule has 0 saturated carbocycles. The normalized spacial score (nSPS) is 21.7. The summed E-state index contributed by atoms with van der Waals surface area (Å²) in [5.74, 6) is 0. The summed E-state index contributed by atoms with van der Waals surface area (Å²) in [6.07, 6.45) is 1.41. The standard InChI is InChI=1S/C13H21N7O6S/c1-17(2)4-3-15-12(21)19-6-8-10-7-18(9(5-14)11(8)16-19)13(22)20(10)26-27(23,24)25/h6,9-10H,3-5,7,14H2,1-2H3,(H,15,21)(H,23,24,25). The molecule has 2 atom stereocenters. The van der Waals surface area contributed by atoms with Crippen LogP contribution in [0.2, 0.25) is 0 Å². The first-order valence-corrected chi connectivity index (χ1v) is 9.48. The van der Waals surface area contributed by atoms with Crippen molar-refractivity contribution in [2.75, 3.05) is 40.3 Å². The number of nitrogens with one attached hydrogen (secondary N) is 1. The van der Waals surface area contributed by atoms with Gasteiger partial charge >= 0.3 is 22.5 Å². The number of urea groups is 1. The molecule has 1 saturated heterocycles. The first kappa shape index (κ1) is 19.5. The Balaban J connectivity index is 1.88. The fraction of sp³-hybridized carbons (Fsp3) is 0.615. The SMILES string of the molecule is CN(C)CCNC(=O)n1cc2c(n1)C(CN)N1CC2N(OS(=O)(=O)O)C1=O. The third-order valence-electron chi connectivity index (χ3n) is 4.35. The van der Waals surface area contributed by atoms with E-state index in [1.807, 2.05) is 19.0 Å². The summed E-state index contributed by atoms with van der Waals surface area (Å²) in [4.78, 5) is 27.9.